The Morgan fingerprint density at radius 2 is 1.53 bits per heavy atom. The van der Waals surface area contributed by atoms with Gasteiger partial charge in [0.05, 0.1) is 25.4 Å². The Balaban J connectivity index is 2.60. The van der Waals surface area contributed by atoms with E-state index in [0.29, 0.717) is 6.42 Å². The lowest BCUT2D eigenvalue weighted by Crippen LogP contribution is -2.60. The van der Waals surface area contributed by atoms with Crippen molar-refractivity contribution in [3.63, 3.8) is 0 Å². The molecule has 0 aromatic heterocycles. The highest BCUT2D eigenvalue weighted by atomic mass is 16.7. The zero-order chi connectivity index (χ0) is 26.8. The largest absolute Gasteiger partial charge is 0.394 e. The third-order valence-corrected chi connectivity index (χ3v) is 6.61. The number of hydrogen-bond donors (Lipinski definition) is 6. The van der Waals surface area contributed by atoms with Crippen LogP contribution in [0.15, 0.2) is 12.2 Å². The fourth-order valence-corrected chi connectivity index (χ4v) is 4.21. The lowest BCUT2D eigenvalue weighted by Gasteiger charge is -2.40. The van der Waals surface area contributed by atoms with Crippen LogP contribution in [0, 0.1) is 0 Å². The number of allylic oxidation sites excluding steroid dienone is 1. The molecule has 36 heavy (non-hydrogen) atoms. The average molecular weight is 518 g/mol. The van der Waals surface area contributed by atoms with Gasteiger partial charge in [0.1, 0.15) is 24.4 Å². The number of aliphatic hydroxyl groups excluding tert-OH is 5. The van der Waals surface area contributed by atoms with Crippen molar-refractivity contribution < 1.29 is 39.8 Å². The van der Waals surface area contributed by atoms with Gasteiger partial charge in [0.25, 0.3) is 0 Å². The minimum Gasteiger partial charge on any atom is -0.394 e. The fourth-order valence-electron chi connectivity index (χ4n) is 4.21. The van der Waals surface area contributed by atoms with Crippen molar-refractivity contribution in [3.05, 3.63) is 12.2 Å². The molecule has 212 valence electrons. The molecule has 0 radical (unpaired) electrons. The number of aliphatic hydroxyl groups is 5. The van der Waals surface area contributed by atoms with Crippen molar-refractivity contribution in [1.29, 1.82) is 0 Å². The molecule has 1 aliphatic heterocycles. The summed E-state index contributed by atoms with van der Waals surface area (Å²) in [5.41, 5.74) is 0. The summed E-state index contributed by atoms with van der Waals surface area (Å²) in [6, 6.07) is -0.790. The Kier molecular flexibility index (Phi) is 18.3. The summed E-state index contributed by atoms with van der Waals surface area (Å²) in [5, 5.41) is 53.0. The van der Waals surface area contributed by atoms with Crippen LogP contribution >= 0.6 is 0 Å². The normalized spacial score (nSPS) is 26.2. The van der Waals surface area contributed by atoms with Crippen LogP contribution in [-0.2, 0) is 14.3 Å². The summed E-state index contributed by atoms with van der Waals surface area (Å²) >= 11 is 0. The smallest absolute Gasteiger partial charge is 0.220 e. The standard InChI is InChI=1S/C27H51NO8/c1-3-5-7-9-10-11-13-15-17-23(31)28-20(21(30)16-14-12-8-6-4-2)19-35-27-26(34)25(33)24(32)22(18-29)36-27/h14,16,20-22,24-27,29-30,32-34H,3-13,15,17-19H2,1-2H3,(H,28,31)/b16-14+. The predicted octanol–water partition coefficient (Wildman–Crippen LogP) is 2.32. The van der Waals surface area contributed by atoms with Gasteiger partial charge in [-0.15, -0.1) is 0 Å². The number of nitrogens with one attached hydrogen (secondary N) is 1. The summed E-state index contributed by atoms with van der Waals surface area (Å²) in [5.74, 6) is -0.193. The molecule has 0 spiro atoms. The van der Waals surface area contributed by atoms with Gasteiger partial charge in [-0.2, -0.15) is 0 Å². The third kappa shape index (κ3) is 12.9. The lowest BCUT2D eigenvalue weighted by molar-refractivity contribution is -0.302. The monoisotopic (exact) mass is 517 g/mol. The number of carbonyl (C=O) groups excluding carboxylic acids is 1. The zero-order valence-electron chi connectivity index (χ0n) is 22.3. The van der Waals surface area contributed by atoms with Gasteiger partial charge < -0.3 is 40.3 Å². The SMILES string of the molecule is CCCCC/C=C/C(O)C(COC1OC(CO)C(O)C(O)C1O)NC(=O)CCCCCCCCCC. The van der Waals surface area contributed by atoms with E-state index in [1.54, 1.807) is 6.08 Å². The van der Waals surface area contributed by atoms with Gasteiger partial charge in [0.15, 0.2) is 6.29 Å². The first-order chi connectivity index (χ1) is 17.3. The Hall–Kier alpha value is -1.07. The van der Waals surface area contributed by atoms with E-state index in [9.17, 15) is 30.3 Å². The van der Waals surface area contributed by atoms with Crippen molar-refractivity contribution in [2.24, 2.45) is 0 Å². The molecule has 6 N–H and O–H groups in total. The lowest BCUT2D eigenvalue weighted by atomic mass is 9.99. The molecular weight excluding hydrogens is 466 g/mol. The minimum atomic E-state index is -1.56. The van der Waals surface area contributed by atoms with Crippen LogP contribution in [0.5, 0.6) is 0 Å². The van der Waals surface area contributed by atoms with Gasteiger partial charge in [-0.25, -0.2) is 0 Å². The topological polar surface area (TPSA) is 149 Å². The molecule has 0 aliphatic carbocycles. The molecule has 1 fully saturated rings. The van der Waals surface area contributed by atoms with E-state index in [0.717, 1.165) is 44.9 Å². The molecule has 0 bridgehead atoms. The van der Waals surface area contributed by atoms with Gasteiger partial charge in [0, 0.05) is 6.42 Å². The van der Waals surface area contributed by atoms with Crippen molar-refractivity contribution in [2.45, 2.75) is 140 Å². The molecule has 1 saturated heterocycles. The zero-order valence-corrected chi connectivity index (χ0v) is 22.3. The number of carbonyl (C=O) groups is 1. The van der Waals surface area contributed by atoms with Crippen LogP contribution in [0.25, 0.3) is 0 Å². The van der Waals surface area contributed by atoms with Gasteiger partial charge in [-0.3, -0.25) is 4.79 Å². The Morgan fingerprint density at radius 3 is 2.17 bits per heavy atom. The Bertz CT molecular complexity index is 588. The van der Waals surface area contributed by atoms with Gasteiger partial charge in [-0.05, 0) is 19.3 Å². The van der Waals surface area contributed by atoms with E-state index in [1.165, 1.54) is 32.1 Å². The van der Waals surface area contributed by atoms with Crippen molar-refractivity contribution in [1.82, 2.24) is 5.32 Å². The van der Waals surface area contributed by atoms with E-state index in [-0.39, 0.29) is 12.5 Å². The molecule has 7 unspecified atom stereocenters. The van der Waals surface area contributed by atoms with E-state index >= 15 is 0 Å². The molecule has 9 heteroatoms. The van der Waals surface area contributed by atoms with Crippen LogP contribution in [0.1, 0.15) is 97.3 Å². The number of unbranched alkanes of at least 4 members (excludes halogenated alkanes) is 10. The summed E-state index contributed by atoms with van der Waals surface area (Å²) in [6.45, 7) is 3.56. The number of amides is 1. The molecule has 0 aromatic carbocycles. The summed E-state index contributed by atoms with van der Waals surface area (Å²) in [6.07, 6.45) is 8.87. The number of ether oxygens (including phenoxy) is 2. The maximum atomic E-state index is 12.6. The molecule has 1 aliphatic rings. The minimum absolute atomic E-state index is 0.188. The molecule has 1 heterocycles. The maximum absolute atomic E-state index is 12.6. The molecule has 7 atom stereocenters. The second-order valence-electron chi connectivity index (χ2n) is 9.84. The van der Waals surface area contributed by atoms with E-state index < -0.39 is 49.5 Å². The summed E-state index contributed by atoms with van der Waals surface area (Å²) < 4.78 is 11.0. The van der Waals surface area contributed by atoms with Crippen LogP contribution < -0.4 is 5.32 Å². The predicted molar refractivity (Wildman–Crippen MR) is 138 cm³/mol. The highest BCUT2D eigenvalue weighted by Gasteiger charge is 2.44. The highest BCUT2D eigenvalue weighted by Crippen LogP contribution is 2.22. The van der Waals surface area contributed by atoms with Crippen LogP contribution in [-0.4, -0.2) is 87.5 Å². The fraction of sp³-hybridized carbons (Fsp3) is 0.889. The molecule has 0 aromatic rings. The third-order valence-electron chi connectivity index (χ3n) is 6.61. The van der Waals surface area contributed by atoms with Gasteiger partial charge in [0.2, 0.25) is 5.91 Å². The van der Waals surface area contributed by atoms with Crippen LogP contribution in [0.2, 0.25) is 0 Å². The number of rotatable bonds is 20. The molecular formula is C27H51NO8. The molecule has 9 nitrogen and oxygen atoms in total. The first-order valence-corrected chi connectivity index (χ1v) is 13.9. The maximum Gasteiger partial charge on any atom is 0.220 e. The summed E-state index contributed by atoms with van der Waals surface area (Å²) in [7, 11) is 0. The van der Waals surface area contributed by atoms with Crippen molar-refractivity contribution in [2.75, 3.05) is 13.2 Å². The van der Waals surface area contributed by atoms with Gasteiger partial charge in [-0.1, -0.05) is 83.8 Å². The second-order valence-corrected chi connectivity index (χ2v) is 9.84. The van der Waals surface area contributed by atoms with Crippen LogP contribution in [0.4, 0.5) is 0 Å². The first kappa shape index (κ1) is 33.0. The molecule has 1 rings (SSSR count). The van der Waals surface area contributed by atoms with E-state index in [1.807, 2.05) is 6.08 Å². The quantitative estimate of drug-likeness (QED) is 0.106. The van der Waals surface area contributed by atoms with E-state index in [4.69, 9.17) is 9.47 Å². The number of hydrogen-bond acceptors (Lipinski definition) is 8. The van der Waals surface area contributed by atoms with E-state index in [2.05, 4.69) is 19.2 Å². The molecule has 1 amide bonds. The van der Waals surface area contributed by atoms with Crippen molar-refractivity contribution >= 4 is 5.91 Å². The van der Waals surface area contributed by atoms with Gasteiger partial charge >= 0.3 is 0 Å². The Morgan fingerprint density at radius 1 is 0.917 bits per heavy atom. The van der Waals surface area contributed by atoms with Crippen molar-refractivity contribution in [3.8, 4) is 0 Å². The summed E-state index contributed by atoms with van der Waals surface area (Å²) in [4.78, 5) is 12.6. The first-order valence-electron chi connectivity index (χ1n) is 13.9. The van der Waals surface area contributed by atoms with Crippen LogP contribution in [0.3, 0.4) is 0 Å². The Labute approximate surface area is 216 Å². The average Bonchev–Trinajstić information content (AvgIpc) is 2.87. The molecule has 0 saturated carbocycles. The second kappa shape index (κ2) is 20.0. The highest BCUT2D eigenvalue weighted by molar-refractivity contribution is 5.76.